The minimum Gasteiger partial charge on any atom is -0.481 e. The molecule has 0 spiro atoms. The van der Waals surface area contributed by atoms with Gasteiger partial charge in [0.15, 0.2) is 5.60 Å². The Bertz CT molecular complexity index is 1070. The number of nitrogens with zero attached hydrogens (tertiary/aromatic N) is 3. The molecule has 5 heteroatoms. The maximum atomic E-state index is 11.9. The highest BCUT2D eigenvalue weighted by atomic mass is 16.5. The number of pyridine rings is 3. The number of benzene rings is 1. The van der Waals surface area contributed by atoms with Crippen LogP contribution in [0.4, 0.5) is 0 Å². The molecule has 0 aliphatic carbocycles. The Balaban J connectivity index is 1.92. The maximum absolute atomic E-state index is 11.9. The van der Waals surface area contributed by atoms with Gasteiger partial charge in [-0.05, 0) is 30.3 Å². The molecule has 0 amide bonds. The summed E-state index contributed by atoms with van der Waals surface area (Å²) in [6.07, 6.45) is 1.64. The maximum Gasteiger partial charge on any atom is 0.213 e. The number of hydrogen-bond acceptors (Lipinski definition) is 5. The van der Waals surface area contributed by atoms with E-state index >= 15 is 0 Å². The number of hydrogen-bond donors (Lipinski definition) is 1. The smallest absolute Gasteiger partial charge is 0.213 e. The zero-order valence-electron chi connectivity index (χ0n) is 15.4. The van der Waals surface area contributed by atoms with Crippen molar-refractivity contribution in [2.75, 3.05) is 7.11 Å². The van der Waals surface area contributed by atoms with Crippen LogP contribution in [-0.4, -0.2) is 27.2 Å². The molecule has 0 bridgehead atoms. The molecule has 0 fully saturated rings. The van der Waals surface area contributed by atoms with Gasteiger partial charge >= 0.3 is 0 Å². The minimum atomic E-state index is -1.62. The fourth-order valence-corrected chi connectivity index (χ4v) is 3.11. The van der Waals surface area contributed by atoms with Gasteiger partial charge in [-0.25, -0.2) is 9.97 Å². The van der Waals surface area contributed by atoms with Crippen molar-refractivity contribution in [3.05, 3.63) is 108 Å². The summed E-state index contributed by atoms with van der Waals surface area (Å²) in [5, 5.41) is 11.9. The van der Waals surface area contributed by atoms with Crippen LogP contribution in [0.5, 0.6) is 5.88 Å². The van der Waals surface area contributed by atoms with E-state index in [9.17, 15) is 5.11 Å². The van der Waals surface area contributed by atoms with Crippen LogP contribution < -0.4 is 4.74 Å². The molecular weight excluding hydrogens is 350 g/mol. The van der Waals surface area contributed by atoms with Crippen LogP contribution in [0.3, 0.4) is 0 Å². The lowest BCUT2D eigenvalue weighted by atomic mass is 9.89. The summed E-state index contributed by atoms with van der Waals surface area (Å²) < 4.78 is 5.25. The number of aromatic nitrogens is 3. The van der Waals surface area contributed by atoms with Gasteiger partial charge < -0.3 is 9.84 Å². The van der Waals surface area contributed by atoms with Crippen molar-refractivity contribution >= 4 is 0 Å². The third kappa shape index (κ3) is 3.23. The molecule has 1 N–H and O–H groups in total. The van der Waals surface area contributed by atoms with Crippen LogP contribution in [0.15, 0.2) is 91.1 Å². The molecule has 0 aliphatic heterocycles. The fourth-order valence-electron chi connectivity index (χ4n) is 3.11. The largest absolute Gasteiger partial charge is 0.481 e. The number of rotatable bonds is 5. The van der Waals surface area contributed by atoms with E-state index in [2.05, 4.69) is 9.97 Å². The number of ether oxygens (including phenoxy) is 1. The van der Waals surface area contributed by atoms with Gasteiger partial charge in [0.1, 0.15) is 0 Å². The fraction of sp³-hybridized carbons (Fsp3) is 0.0870. The van der Waals surface area contributed by atoms with E-state index in [1.54, 1.807) is 49.7 Å². The summed E-state index contributed by atoms with van der Waals surface area (Å²) >= 11 is 0. The summed E-state index contributed by atoms with van der Waals surface area (Å²) in [5.74, 6) is 0.408. The van der Waals surface area contributed by atoms with E-state index in [1.165, 1.54) is 0 Å². The Kier molecular flexibility index (Phi) is 4.83. The minimum absolute atomic E-state index is 0.392. The lowest BCUT2D eigenvalue weighted by molar-refractivity contribution is 0.110. The first-order valence-electron chi connectivity index (χ1n) is 8.90. The van der Waals surface area contributed by atoms with Crippen molar-refractivity contribution in [2.24, 2.45) is 0 Å². The lowest BCUT2D eigenvalue weighted by Gasteiger charge is -2.27. The second-order valence-corrected chi connectivity index (χ2v) is 6.26. The molecular formula is C23H19N3O2. The first kappa shape index (κ1) is 17.8. The van der Waals surface area contributed by atoms with Crippen molar-refractivity contribution in [1.82, 2.24) is 15.0 Å². The van der Waals surface area contributed by atoms with Gasteiger partial charge in [-0.1, -0.05) is 48.5 Å². The summed E-state index contributed by atoms with van der Waals surface area (Å²) in [4.78, 5) is 13.6. The van der Waals surface area contributed by atoms with E-state index in [-0.39, 0.29) is 0 Å². The van der Waals surface area contributed by atoms with E-state index in [0.29, 0.717) is 23.0 Å². The molecule has 4 aromatic rings. The predicted molar refractivity (Wildman–Crippen MR) is 107 cm³/mol. The van der Waals surface area contributed by atoms with Crippen molar-refractivity contribution in [2.45, 2.75) is 5.60 Å². The predicted octanol–water partition coefficient (Wildman–Crippen LogP) is 3.83. The molecule has 3 heterocycles. The van der Waals surface area contributed by atoms with Crippen molar-refractivity contribution in [3.63, 3.8) is 0 Å². The number of aliphatic hydroxyl groups is 1. The SMILES string of the molecule is COc1cccc(C(O)(c2ccccn2)c2cccc(-c3ccccc3)n2)n1. The van der Waals surface area contributed by atoms with Gasteiger partial charge in [-0.2, -0.15) is 0 Å². The molecule has 0 saturated heterocycles. The molecule has 0 radical (unpaired) electrons. The Morgan fingerprint density at radius 1 is 0.714 bits per heavy atom. The van der Waals surface area contributed by atoms with Gasteiger partial charge in [0.05, 0.1) is 29.9 Å². The highest BCUT2D eigenvalue weighted by molar-refractivity contribution is 5.59. The Labute approximate surface area is 163 Å². The third-order valence-corrected chi connectivity index (χ3v) is 4.53. The summed E-state index contributed by atoms with van der Waals surface area (Å²) in [6.45, 7) is 0. The second kappa shape index (κ2) is 7.58. The van der Waals surface area contributed by atoms with Crippen LogP contribution in [0, 0.1) is 0 Å². The van der Waals surface area contributed by atoms with E-state index in [4.69, 9.17) is 9.72 Å². The van der Waals surface area contributed by atoms with Crippen LogP contribution in [0.25, 0.3) is 11.3 Å². The topological polar surface area (TPSA) is 68.1 Å². The molecule has 1 atom stereocenters. The molecule has 3 aromatic heterocycles. The zero-order valence-corrected chi connectivity index (χ0v) is 15.4. The Morgan fingerprint density at radius 2 is 1.39 bits per heavy atom. The highest BCUT2D eigenvalue weighted by Crippen LogP contribution is 2.35. The van der Waals surface area contributed by atoms with Crippen LogP contribution >= 0.6 is 0 Å². The Morgan fingerprint density at radius 3 is 2.11 bits per heavy atom. The van der Waals surface area contributed by atoms with Crippen molar-refractivity contribution in [1.29, 1.82) is 0 Å². The summed E-state index contributed by atoms with van der Waals surface area (Å²) in [5.41, 5.74) is 1.37. The van der Waals surface area contributed by atoms with Gasteiger partial charge in [-0.3, -0.25) is 4.98 Å². The first-order valence-corrected chi connectivity index (χ1v) is 8.90. The van der Waals surface area contributed by atoms with Crippen molar-refractivity contribution in [3.8, 4) is 17.1 Å². The molecule has 28 heavy (non-hydrogen) atoms. The van der Waals surface area contributed by atoms with Gasteiger partial charge in [0, 0.05) is 17.8 Å². The molecule has 5 nitrogen and oxygen atoms in total. The second-order valence-electron chi connectivity index (χ2n) is 6.26. The molecule has 0 saturated carbocycles. The lowest BCUT2D eigenvalue weighted by Crippen LogP contribution is -2.32. The van der Waals surface area contributed by atoms with Gasteiger partial charge in [0.25, 0.3) is 0 Å². The molecule has 1 unspecified atom stereocenters. The number of methoxy groups -OCH3 is 1. The van der Waals surface area contributed by atoms with Crippen LogP contribution in [0.2, 0.25) is 0 Å². The Hall–Kier alpha value is -3.57. The van der Waals surface area contributed by atoms with Crippen LogP contribution in [-0.2, 0) is 5.60 Å². The molecule has 4 rings (SSSR count). The molecule has 1 aromatic carbocycles. The van der Waals surface area contributed by atoms with Crippen LogP contribution in [0.1, 0.15) is 17.1 Å². The van der Waals surface area contributed by atoms with Gasteiger partial charge in [0.2, 0.25) is 5.88 Å². The first-order chi connectivity index (χ1) is 13.7. The zero-order chi connectivity index (χ0) is 19.4. The average molecular weight is 369 g/mol. The normalized spacial score (nSPS) is 12.9. The van der Waals surface area contributed by atoms with Gasteiger partial charge in [-0.15, -0.1) is 0 Å². The summed E-state index contributed by atoms with van der Waals surface area (Å²) in [6, 6.07) is 26.1. The molecule has 138 valence electrons. The van der Waals surface area contributed by atoms with E-state index in [0.717, 1.165) is 11.3 Å². The highest BCUT2D eigenvalue weighted by Gasteiger charge is 2.38. The quantitative estimate of drug-likeness (QED) is 0.579. The molecule has 0 aliphatic rings. The van der Waals surface area contributed by atoms with E-state index in [1.807, 2.05) is 48.5 Å². The third-order valence-electron chi connectivity index (χ3n) is 4.53. The van der Waals surface area contributed by atoms with Crippen molar-refractivity contribution < 1.29 is 9.84 Å². The monoisotopic (exact) mass is 369 g/mol. The summed E-state index contributed by atoms with van der Waals surface area (Å²) in [7, 11) is 1.54. The standard InChI is InChI=1S/C23H19N3O2/c1-28-22-15-8-14-21(26-22)23(27,19-12-5-6-16-24-19)20-13-7-11-18(25-20)17-9-3-2-4-10-17/h2-16,27H,1H3. The average Bonchev–Trinajstić information content (AvgIpc) is 2.80. The van der Waals surface area contributed by atoms with E-state index < -0.39 is 5.60 Å².